The second-order valence-electron chi connectivity index (χ2n) is 4.42. The number of benzene rings is 1. The molecular weight excluding hydrogens is 321 g/mol. The van der Waals surface area contributed by atoms with E-state index in [0.29, 0.717) is 21.4 Å². The number of nitrogens with two attached hydrogens (primary N) is 1. The molecule has 0 fully saturated rings. The normalized spacial score (nSPS) is 11.8. The fourth-order valence-electron chi connectivity index (χ4n) is 1.91. The van der Waals surface area contributed by atoms with Crippen LogP contribution in [0.25, 0.3) is 0 Å². The van der Waals surface area contributed by atoms with Gasteiger partial charge in [0.25, 0.3) is 0 Å². The topological polar surface area (TPSA) is 78.0 Å². The zero-order chi connectivity index (χ0) is 15.1. The van der Waals surface area contributed by atoms with Gasteiger partial charge in [-0.1, -0.05) is 23.2 Å². The van der Waals surface area contributed by atoms with Gasteiger partial charge in [-0.3, -0.25) is 4.68 Å². The highest BCUT2D eigenvalue weighted by Gasteiger charge is 2.23. The first-order valence-corrected chi connectivity index (χ1v) is 8.09. The molecule has 0 amide bonds. The number of hydrogen-bond acceptors (Lipinski definition) is 4. The van der Waals surface area contributed by atoms with Crippen molar-refractivity contribution < 1.29 is 8.42 Å². The van der Waals surface area contributed by atoms with Crippen molar-refractivity contribution in [3.8, 4) is 0 Å². The molecule has 1 heterocycles. The Labute approximate surface area is 127 Å². The summed E-state index contributed by atoms with van der Waals surface area (Å²) in [7, 11) is -1.96. The molecule has 0 aliphatic rings. The first kappa shape index (κ1) is 15.2. The van der Waals surface area contributed by atoms with Gasteiger partial charge in [0.1, 0.15) is 5.15 Å². The highest BCUT2D eigenvalue weighted by atomic mass is 35.5. The molecule has 0 spiro atoms. The first-order chi connectivity index (χ1) is 9.22. The number of halogens is 2. The number of hydrogen-bond donors (Lipinski definition) is 1. The smallest absolute Gasteiger partial charge is 0.184 e. The average molecular weight is 334 g/mol. The minimum atomic E-state index is -3.61. The van der Waals surface area contributed by atoms with Gasteiger partial charge in [-0.15, -0.1) is 0 Å². The van der Waals surface area contributed by atoms with Crippen LogP contribution in [0, 0.1) is 6.92 Å². The molecule has 8 heteroatoms. The number of sulfone groups is 1. The number of nitrogens with zero attached hydrogens (tertiary/aromatic N) is 2. The third-order valence-electron chi connectivity index (χ3n) is 2.91. The molecule has 0 saturated carbocycles. The molecule has 20 heavy (non-hydrogen) atoms. The molecule has 0 atom stereocenters. The standard InChI is InChI=1S/C12H13Cl2N3O2S/c1-7-9(12(14)17(2)16-7)6-20(18,19)11-4-3-8(13)5-10(11)15/h3-5H,6,15H2,1-2H3. The van der Waals surface area contributed by atoms with E-state index >= 15 is 0 Å². The predicted octanol–water partition coefficient (Wildman–Crippen LogP) is 2.59. The fourth-order valence-corrected chi connectivity index (χ4v) is 3.98. The van der Waals surface area contributed by atoms with E-state index in [-0.39, 0.29) is 16.3 Å². The lowest BCUT2D eigenvalue weighted by Crippen LogP contribution is -2.08. The van der Waals surface area contributed by atoms with Crippen LogP contribution in [0.1, 0.15) is 11.3 Å². The summed E-state index contributed by atoms with van der Waals surface area (Å²) in [5.41, 5.74) is 6.90. The van der Waals surface area contributed by atoms with Crippen molar-refractivity contribution >= 4 is 38.7 Å². The van der Waals surface area contributed by atoms with Crippen LogP contribution in [0.3, 0.4) is 0 Å². The van der Waals surface area contributed by atoms with Crippen molar-refractivity contribution in [2.45, 2.75) is 17.6 Å². The molecule has 0 radical (unpaired) electrons. The van der Waals surface area contributed by atoms with E-state index < -0.39 is 9.84 Å². The van der Waals surface area contributed by atoms with Crippen molar-refractivity contribution in [1.29, 1.82) is 0 Å². The molecule has 0 unspecified atom stereocenters. The minimum absolute atomic E-state index is 0.0428. The first-order valence-electron chi connectivity index (χ1n) is 5.68. The van der Waals surface area contributed by atoms with Crippen LogP contribution in [-0.2, 0) is 22.6 Å². The number of aryl methyl sites for hydroxylation is 2. The van der Waals surface area contributed by atoms with Crippen LogP contribution < -0.4 is 5.73 Å². The Bertz CT molecular complexity index is 769. The van der Waals surface area contributed by atoms with Crippen LogP contribution >= 0.6 is 23.2 Å². The summed E-state index contributed by atoms with van der Waals surface area (Å²) < 4.78 is 26.3. The van der Waals surface area contributed by atoms with Crippen LogP contribution in [0.5, 0.6) is 0 Å². The quantitative estimate of drug-likeness (QED) is 0.875. The average Bonchev–Trinajstić information content (AvgIpc) is 2.55. The summed E-state index contributed by atoms with van der Waals surface area (Å²) in [5.74, 6) is -0.253. The molecule has 2 aromatic rings. The van der Waals surface area contributed by atoms with Gasteiger partial charge < -0.3 is 5.73 Å². The van der Waals surface area contributed by atoms with Crippen LogP contribution in [-0.4, -0.2) is 18.2 Å². The van der Waals surface area contributed by atoms with Gasteiger partial charge in [-0.25, -0.2) is 8.42 Å². The van der Waals surface area contributed by atoms with Crippen molar-refractivity contribution in [1.82, 2.24) is 9.78 Å². The molecule has 5 nitrogen and oxygen atoms in total. The van der Waals surface area contributed by atoms with Crippen molar-refractivity contribution in [3.63, 3.8) is 0 Å². The van der Waals surface area contributed by atoms with Crippen molar-refractivity contribution in [2.75, 3.05) is 5.73 Å². The number of aromatic nitrogens is 2. The Kier molecular flexibility index (Phi) is 4.00. The van der Waals surface area contributed by atoms with E-state index in [1.807, 2.05) is 0 Å². The zero-order valence-corrected chi connectivity index (χ0v) is 13.2. The highest BCUT2D eigenvalue weighted by Crippen LogP contribution is 2.28. The zero-order valence-electron chi connectivity index (χ0n) is 10.9. The summed E-state index contributed by atoms with van der Waals surface area (Å²) in [6.45, 7) is 1.71. The summed E-state index contributed by atoms with van der Waals surface area (Å²) in [6.07, 6.45) is 0. The Hall–Kier alpha value is -1.24. The molecule has 2 rings (SSSR count). The van der Waals surface area contributed by atoms with E-state index in [2.05, 4.69) is 5.10 Å². The largest absolute Gasteiger partial charge is 0.398 e. The number of rotatable bonds is 3. The molecule has 0 aliphatic carbocycles. The van der Waals surface area contributed by atoms with E-state index in [9.17, 15) is 8.42 Å². The maximum absolute atomic E-state index is 12.4. The predicted molar refractivity (Wildman–Crippen MR) is 79.7 cm³/mol. The van der Waals surface area contributed by atoms with Crippen LogP contribution in [0.2, 0.25) is 10.2 Å². The second-order valence-corrected chi connectivity index (χ2v) is 7.17. The van der Waals surface area contributed by atoms with Gasteiger partial charge in [0.15, 0.2) is 9.84 Å². The molecule has 1 aromatic heterocycles. The summed E-state index contributed by atoms with van der Waals surface area (Å²) in [4.78, 5) is 0.0428. The molecule has 2 N–H and O–H groups in total. The van der Waals surface area contributed by atoms with Gasteiger partial charge in [0.05, 0.1) is 22.0 Å². The van der Waals surface area contributed by atoms with Gasteiger partial charge >= 0.3 is 0 Å². The third-order valence-corrected chi connectivity index (χ3v) is 5.33. The van der Waals surface area contributed by atoms with Gasteiger partial charge in [0.2, 0.25) is 0 Å². The van der Waals surface area contributed by atoms with Crippen molar-refractivity contribution in [2.24, 2.45) is 7.05 Å². The molecule has 0 saturated heterocycles. The lowest BCUT2D eigenvalue weighted by atomic mass is 10.3. The van der Waals surface area contributed by atoms with E-state index in [1.54, 1.807) is 14.0 Å². The van der Waals surface area contributed by atoms with Gasteiger partial charge in [-0.05, 0) is 25.1 Å². The molecule has 108 valence electrons. The second kappa shape index (κ2) is 5.27. The van der Waals surface area contributed by atoms with E-state index in [0.717, 1.165) is 0 Å². The molecule has 0 bridgehead atoms. The molecule has 1 aromatic carbocycles. The summed E-state index contributed by atoms with van der Waals surface area (Å²) in [5, 5.41) is 4.78. The fraction of sp³-hybridized carbons (Fsp3) is 0.250. The number of nitrogen functional groups attached to an aromatic ring is 1. The number of anilines is 1. The van der Waals surface area contributed by atoms with E-state index in [4.69, 9.17) is 28.9 Å². The third kappa shape index (κ3) is 2.77. The lowest BCUT2D eigenvalue weighted by Gasteiger charge is -2.08. The Morgan fingerprint density at radius 1 is 1.35 bits per heavy atom. The van der Waals surface area contributed by atoms with Crippen LogP contribution in [0.4, 0.5) is 5.69 Å². The SMILES string of the molecule is Cc1nn(C)c(Cl)c1CS(=O)(=O)c1ccc(Cl)cc1N. The van der Waals surface area contributed by atoms with Crippen LogP contribution in [0.15, 0.2) is 23.1 Å². The Morgan fingerprint density at radius 3 is 2.50 bits per heavy atom. The summed E-state index contributed by atoms with van der Waals surface area (Å²) in [6, 6.07) is 4.29. The van der Waals surface area contributed by atoms with E-state index in [1.165, 1.54) is 22.9 Å². The maximum atomic E-state index is 12.4. The Morgan fingerprint density at radius 2 is 2.00 bits per heavy atom. The maximum Gasteiger partial charge on any atom is 0.184 e. The summed E-state index contributed by atoms with van der Waals surface area (Å²) >= 11 is 11.8. The monoisotopic (exact) mass is 333 g/mol. The van der Waals surface area contributed by atoms with Gasteiger partial charge in [0, 0.05) is 17.6 Å². The van der Waals surface area contributed by atoms with Crippen molar-refractivity contribution in [3.05, 3.63) is 39.6 Å². The Balaban J connectivity index is 2.46. The minimum Gasteiger partial charge on any atom is -0.398 e. The lowest BCUT2D eigenvalue weighted by molar-refractivity contribution is 0.595. The highest BCUT2D eigenvalue weighted by molar-refractivity contribution is 7.90. The molecular formula is C12H13Cl2N3O2S. The molecule has 0 aliphatic heterocycles. The van der Waals surface area contributed by atoms with Gasteiger partial charge in [-0.2, -0.15) is 5.10 Å².